The Kier molecular flexibility index (Phi) is 3.18. The van der Waals surface area contributed by atoms with E-state index < -0.39 is 0 Å². The van der Waals surface area contributed by atoms with E-state index in [1.807, 2.05) is 6.07 Å². The molecule has 7 nitrogen and oxygen atoms in total. The number of halogens is 1. The number of nitrogens with two attached hydrogens (primary N) is 1. The fourth-order valence-electron chi connectivity index (χ4n) is 3.36. The fourth-order valence-corrected chi connectivity index (χ4v) is 3.36. The number of nitrogens with zero attached hydrogens (tertiary/aromatic N) is 4. The monoisotopic (exact) mass is 351 g/mol. The van der Waals surface area contributed by atoms with E-state index in [1.165, 1.54) is 6.07 Å². The van der Waals surface area contributed by atoms with Crippen LogP contribution in [0.5, 0.6) is 5.75 Å². The summed E-state index contributed by atoms with van der Waals surface area (Å²) in [5.74, 6) is 1.79. The van der Waals surface area contributed by atoms with E-state index in [2.05, 4.69) is 15.2 Å². The van der Waals surface area contributed by atoms with Gasteiger partial charge in [-0.15, -0.1) is 10.2 Å². The number of hydrogen-bond donors (Lipinski definition) is 1. The molecule has 2 N–H and O–H groups in total. The average molecular weight is 351 g/mol. The van der Waals surface area contributed by atoms with Gasteiger partial charge in [0, 0.05) is 30.2 Å². The molecule has 26 heavy (non-hydrogen) atoms. The molecule has 3 aromatic heterocycles. The third kappa shape index (κ3) is 2.15. The van der Waals surface area contributed by atoms with E-state index in [1.54, 1.807) is 29.0 Å². The van der Waals surface area contributed by atoms with Gasteiger partial charge < -0.3 is 14.9 Å². The van der Waals surface area contributed by atoms with Crippen molar-refractivity contribution in [3.63, 3.8) is 0 Å². The highest BCUT2D eigenvalue weighted by Gasteiger charge is 2.23. The number of furan rings is 1. The first-order valence-corrected chi connectivity index (χ1v) is 8.18. The van der Waals surface area contributed by atoms with Gasteiger partial charge in [0.1, 0.15) is 23.2 Å². The zero-order chi connectivity index (χ0) is 17.7. The molecule has 4 heterocycles. The normalized spacial score (nSPS) is 13.1. The molecule has 4 aromatic rings. The second-order valence-electron chi connectivity index (χ2n) is 6.06. The van der Waals surface area contributed by atoms with E-state index in [4.69, 9.17) is 14.9 Å². The van der Waals surface area contributed by atoms with E-state index >= 15 is 0 Å². The van der Waals surface area contributed by atoms with Gasteiger partial charge in [-0.25, -0.2) is 13.8 Å². The summed E-state index contributed by atoms with van der Waals surface area (Å²) in [5, 5.41) is 8.47. The Hall–Kier alpha value is -3.42. The van der Waals surface area contributed by atoms with Crippen LogP contribution in [0.15, 0.2) is 41.1 Å². The lowest BCUT2D eigenvalue weighted by Crippen LogP contribution is -2.07. The SMILES string of the molecule is Nc1ncc(-c2ccco2)c2nnc(Cc3c(F)ccc4c3CCO4)n12. The van der Waals surface area contributed by atoms with Crippen LogP contribution < -0.4 is 10.5 Å². The van der Waals surface area contributed by atoms with Crippen molar-refractivity contribution in [1.29, 1.82) is 0 Å². The largest absolute Gasteiger partial charge is 0.493 e. The second-order valence-corrected chi connectivity index (χ2v) is 6.06. The number of aromatic nitrogens is 4. The maximum absolute atomic E-state index is 14.5. The topological polar surface area (TPSA) is 91.5 Å². The zero-order valence-corrected chi connectivity index (χ0v) is 13.6. The molecule has 0 radical (unpaired) electrons. The zero-order valence-electron chi connectivity index (χ0n) is 13.6. The summed E-state index contributed by atoms with van der Waals surface area (Å²) in [7, 11) is 0. The summed E-state index contributed by atoms with van der Waals surface area (Å²) in [5.41, 5.74) is 8.67. The molecule has 0 atom stereocenters. The van der Waals surface area contributed by atoms with Gasteiger partial charge in [-0.3, -0.25) is 0 Å². The van der Waals surface area contributed by atoms with Crippen molar-refractivity contribution in [2.45, 2.75) is 12.8 Å². The summed E-state index contributed by atoms with van der Waals surface area (Å²) < 4.78 is 27.1. The minimum atomic E-state index is -0.292. The maximum atomic E-state index is 14.5. The molecule has 0 amide bonds. The number of benzene rings is 1. The molecule has 1 aliphatic rings. The van der Waals surface area contributed by atoms with Crippen molar-refractivity contribution < 1.29 is 13.5 Å². The van der Waals surface area contributed by atoms with Crippen LogP contribution in [0.3, 0.4) is 0 Å². The molecular weight excluding hydrogens is 337 g/mol. The lowest BCUT2D eigenvalue weighted by molar-refractivity contribution is 0.356. The van der Waals surface area contributed by atoms with E-state index in [9.17, 15) is 4.39 Å². The van der Waals surface area contributed by atoms with Crippen LogP contribution in [0, 0.1) is 5.82 Å². The Labute approximate surface area is 147 Å². The highest BCUT2D eigenvalue weighted by Crippen LogP contribution is 2.32. The molecule has 0 unspecified atom stereocenters. The second kappa shape index (κ2) is 5.55. The minimum absolute atomic E-state index is 0.236. The maximum Gasteiger partial charge on any atom is 0.207 e. The first-order chi connectivity index (χ1) is 12.7. The van der Waals surface area contributed by atoms with Gasteiger partial charge >= 0.3 is 0 Å². The van der Waals surface area contributed by atoms with Gasteiger partial charge in [-0.1, -0.05) is 0 Å². The van der Waals surface area contributed by atoms with Gasteiger partial charge in [-0.05, 0) is 24.3 Å². The highest BCUT2D eigenvalue weighted by molar-refractivity contribution is 5.74. The summed E-state index contributed by atoms with van der Waals surface area (Å²) >= 11 is 0. The molecule has 1 aromatic carbocycles. The van der Waals surface area contributed by atoms with Gasteiger partial charge in [0.25, 0.3) is 0 Å². The number of fused-ring (bicyclic) bond motifs is 2. The molecule has 0 saturated heterocycles. The number of nitrogen functional groups attached to an aromatic ring is 1. The third-order valence-corrected chi connectivity index (χ3v) is 4.59. The number of anilines is 1. The Balaban J connectivity index is 1.66. The summed E-state index contributed by atoms with van der Waals surface area (Å²) in [6.45, 7) is 0.554. The van der Waals surface area contributed by atoms with Gasteiger partial charge in [0.2, 0.25) is 5.95 Å². The molecule has 130 valence electrons. The van der Waals surface area contributed by atoms with Crippen molar-refractivity contribution in [3.8, 4) is 17.1 Å². The number of ether oxygens (including phenoxy) is 1. The molecule has 0 aliphatic carbocycles. The third-order valence-electron chi connectivity index (χ3n) is 4.59. The van der Waals surface area contributed by atoms with E-state index in [0.29, 0.717) is 41.4 Å². The van der Waals surface area contributed by atoms with Crippen LogP contribution >= 0.6 is 0 Å². The van der Waals surface area contributed by atoms with E-state index in [0.717, 1.165) is 11.3 Å². The number of hydrogen-bond acceptors (Lipinski definition) is 6. The lowest BCUT2D eigenvalue weighted by Gasteiger charge is -2.09. The smallest absolute Gasteiger partial charge is 0.207 e. The summed E-state index contributed by atoms with van der Waals surface area (Å²) in [6.07, 6.45) is 4.08. The lowest BCUT2D eigenvalue weighted by atomic mass is 10.0. The van der Waals surface area contributed by atoms with Crippen molar-refractivity contribution in [1.82, 2.24) is 19.6 Å². The van der Waals surface area contributed by atoms with Crippen molar-refractivity contribution in [2.24, 2.45) is 0 Å². The van der Waals surface area contributed by atoms with Crippen LogP contribution in [0.4, 0.5) is 10.3 Å². The van der Waals surface area contributed by atoms with Crippen molar-refractivity contribution >= 4 is 11.6 Å². The van der Waals surface area contributed by atoms with Crippen LogP contribution in [0.2, 0.25) is 0 Å². The van der Waals surface area contributed by atoms with Crippen molar-refractivity contribution in [3.05, 3.63) is 59.5 Å². The Morgan fingerprint density at radius 3 is 3.00 bits per heavy atom. The van der Waals surface area contributed by atoms with Crippen LogP contribution in [0.1, 0.15) is 17.0 Å². The molecule has 5 rings (SSSR count). The molecule has 0 spiro atoms. The first kappa shape index (κ1) is 14.9. The van der Waals surface area contributed by atoms with Crippen LogP contribution in [0.25, 0.3) is 17.0 Å². The molecule has 0 fully saturated rings. The first-order valence-electron chi connectivity index (χ1n) is 8.18. The molecular formula is C18H14FN5O2. The van der Waals surface area contributed by atoms with Gasteiger partial charge in [-0.2, -0.15) is 0 Å². The Bertz CT molecular complexity index is 1120. The number of rotatable bonds is 3. The molecule has 8 heteroatoms. The minimum Gasteiger partial charge on any atom is -0.493 e. The van der Waals surface area contributed by atoms with Crippen LogP contribution in [-0.2, 0) is 12.8 Å². The summed E-state index contributed by atoms with van der Waals surface area (Å²) in [6, 6.07) is 6.66. The van der Waals surface area contributed by atoms with Crippen molar-refractivity contribution in [2.75, 3.05) is 12.3 Å². The molecule has 1 aliphatic heterocycles. The fraction of sp³-hybridized carbons (Fsp3) is 0.167. The predicted molar refractivity (Wildman–Crippen MR) is 91.3 cm³/mol. The average Bonchev–Trinajstić information content (AvgIpc) is 3.38. The molecule has 0 bridgehead atoms. The van der Waals surface area contributed by atoms with Crippen LogP contribution in [-0.4, -0.2) is 26.2 Å². The van der Waals surface area contributed by atoms with Gasteiger partial charge in [0.05, 0.1) is 18.4 Å². The summed E-state index contributed by atoms with van der Waals surface area (Å²) in [4.78, 5) is 4.21. The van der Waals surface area contributed by atoms with Gasteiger partial charge in [0.15, 0.2) is 5.65 Å². The quantitative estimate of drug-likeness (QED) is 0.610. The Morgan fingerprint density at radius 1 is 1.23 bits per heavy atom. The predicted octanol–water partition coefficient (Wildman–Crippen LogP) is 2.63. The Morgan fingerprint density at radius 2 is 2.15 bits per heavy atom. The molecule has 0 saturated carbocycles. The highest BCUT2D eigenvalue weighted by atomic mass is 19.1. The van der Waals surface area contributed by atoms with E-state index in [-0.39, 0.29) is 18.2 Å². The standard InChI is InChI=1S/C18H14FN5O2/c19-13-3-4-15-10(5-7-26-15)11(13)8-16-22-23-17-12(14-2-1-6-25-14)9-21-18(20)24(16)17/h1-4,6,9H,5,7-8H2,(H2,20,21).